The van der Waals surface area contributed by atoms with Crippen molar-refractivity contribution in [1.29, 1.82) is 0 Å². The molecular weight excluding hydrogens is 260 g/mol. The van der Waals surface area contributed by atoms with E-state index in [1.807, 2.05) is 24.3 Å². The van der Waals surface area contributed by atoms with Crippen molar-refractivity contribution in [3.05, 3.63) is 29.3 Å². The average Bonchev–Trinajstić information content (AvgIpc) is 2.85. The minimum Gasteiger partial charge on any atom is -0.492 e. The summed E-state index contributed by atoms with van der Waals surface area (Å²) in [4.78, 5) is 0. The molecule has 1 fully saturated rings. The molecule has 0 bridgehead atoms. The number of allylic oxidation sites excluding steroid dienone is 1. The Morgan fingerprint density at radius 3 is 2.75 bits per heavy atom. The maximum atomic E-state index is 13.1. The number of hydrogen-bond donors (Lipinski definition) is 1. The molecule has 20 heavy (non-hydrogen) atoms. The number of benzene rings is 1. The molecule has 2 nitrogen and oxygen atoms in total. The van der Waals surface area contributed by atoms with E-state index in [0.29, 0.717) is 19.4 Å². The smallest absolute Gasteiger partial charge is 0.248 e. The van der Waals surface area contributed by atoms with E-state index in [0.717, 1.165) is 29.0 Å². The summed E-state index contributed by atoms with van der Waals surface area (Å²) in [5, 5.41) is 0. The lowest BCUT2D eigenvalue weighted by atomic mass is 9.86. The topological polar surface area (TPSA) is 35.2 Å². The van der Waals surface area contributed by atoms with Gasteiger partial charge in [-0.3, -0.25) is 0 Å². The van der Waals surface area contributed by atoms with Gasteiger partial charge in [-0.15, -0.1) is 0 Å². The summed E-state index contributed by atoms with van der Waals surface area (Å²) in [5.74, 6) is -1.34. The summed E-state index contributed by atoms with van der Waals surface area (Å²) in [6.45, 7) is 0.690. The standard InChI is InChI=1S/C16H19F2NO/c17-16(18)6-3-11(4-7-16)1-2-12-9-14(19)10-13-5-8-20-15(12)13/h1-2,9-11H,3-8,19H2. The molecule has 0 spiro atoms. The second kappa shape index (κ2) is 5.08. The summed E-state index contributed by atoms with van der Waals surface area (Å²) in [5.41, 5.74) is 8.72. The Kier molecular flexibility index (Phi) is 3.40. The van der Waals surface area contributed by atoms with Gasteiger partial charge in [-0.2, -0.15) is 0 Å². The average molecular weight is 279 g/mol. The molecule has 0 saturated heterocycles. The van der Waals surface area contributed by atoms with E-state index in [4.69, 9.17) is 10.5 Å². The van der Waals surface area contributed by atoms with Gasteiger partial charge in [-0.25, -0.2) is 8.78 Å². The van der Waals surface area contributed by atoms with Gasteiger partial charge in [0, 0.05) is 36.1 Å². The van der Waals surface area contributed by atoms with Crippen LogP contribution in [0.1, 0.15) is 36.8 Å². The lowest BCUT2D eigenvalue weighted by Crippen LogP contribution is -2.23. The van der Waals surface area contributed by atoms with Gasteiger partial charge in [-0.1, -0.05) is 12.2 Å². The first-order valence-electron chi connectivity index (χ1n) is 7.15. The highest BCUT2D eigenvalue weighted by atomic mass is 19.3. The quantitative estimate of drug-likeness (QED) is 0.829. The lowest BCUT2D eigenvalue weighted by Gasteiger charge is -2.26. The van der Waals surface area contributed by atoms with Gasteiger partial charge >= 0.3 is 0 Å². The predicted molar refractivity (Wildman–Crippen MR) is 76.0 cm³/mol. The first-order chi connectivity index (χ1) is 9.53. The van der Waals surface area contributed by atoms with Crippen LogP contribution in [0.15, 0.2) is 18.2 Å². The fourth-order valence-electron chi connectivity index (χ4n) is 2.98. The number of hydrogen-bond acceptors (Lipinski definition) is 2. The third-order valence-corrected chi connectivity index (χ3v) is 4.14. The van der Waals surface area contributed by atoms with E-state index in [2.05, 4.69) is 0 Å². The molecule has 4 heteroatoms. The molecule has 0 radical (unpaired) electrons. The minimum absolute atomic E-state index is 0.00641. The zero-order chi connectivity index (χ0) is 14.2. The van der Waals surface area contributed by atoms with Crippen LogP contribution in [0.2, 0.25) is 0 Å². The van der Waals surface area contributed by atoms with Crippen LogP contribution >= 0.6 is 0 Å². The zero-order valence-corrected chi connectivity index (χ0v) is 11.4. The summed E-state index contributed by atoms with van der Waals surface area (Å²) in [6, 6.07) is 3.83. The van der Waals surface area contributed by atoms with Gasteiger partial charge in [0.25, 0.3) is 0 Å². The maximum Gasteiger partial charge on any atom is 0.248 e. The molecule has 0 amide bonds. The number of anilines is 1. The van der Waals surface area contributed by atoms with Gasteiger partial charge in [0.2, 0.25) is 5.92 Å². The number of nitrogens with two attached hydrogens (primary N) is 1. The molecule has 2 aliphatic rings. The van der Waals surface area contributed by atoms with Gasteiger partial charge in [0.15, 0.2) is 0 Å². The number of alkyl halides is 2. The van der Waals surface area contributed by atoms with Gasteiger partial charge in [-0.05, 0) is 30.9 Å². The highest BCUT2D eigenvalue weighted by molar-refractivity contribution is 5.66. The Labute approximate surface area is 117 Å². The summed E-state index contributed by atoms with van der Waals surface area (Å²) >= 11 is 0. The summed E-state index contributed by atoms with van der Waals surface area (Å²) in [7, 11) is 0. The van der Waals surface area contributed by atoms with Crippen LogP contribution in [0.25, 0.3) is 6.08 Å². The molecule has 1 heterocycles. The highest BCUT2D eigenvalue weighted by Crippen LogP contribution is 2.38. The Morgan fingerprint density at radius 2 is 2.00 bits per heavy atom. The van der Waals surface area contributed by atoms with Crippen molar-refractivity contribution >= 4 is 11.8 Å². The highest BCUT2D eigenvalue weighted by Gasteiger charge is 2.33. The van der Waals surface area contributed by atoms with E-state index < -0.39 is 5.92 Å². The normalized spacial score (nSPS) is 21.9. The van der Waals surface area contributed by atoms with Gasteiger partial charge < -0.3 is 10.5 Å². The van der Waals surface area contributed by atoms with Crippen molar-refractivity contribution in [2.24, 2.45) is 5.92 Å². The molecular formula is C16H19F2NO. The first kappa shape index (κ1) is 13.4. The van der Waals surface area contributed by atoms with Crippen LogP contribution in [0, 0.1) is 5.92 Å². The molecule has 1 aromatic carbocycles. The molecule has 2 N–H and O–H groups in total. The molecule has 0 unspecified atom stereocenters. The zero-order valence-electron chi connectivity index (χ0n) is 11.4. The second-order valence-electron chi connectivity index (χ2n) is 5.75. The molecule has 108 valence electrons. The first-order valence-corrected chi connectivity index (χ1v) is 7.15. The van der Waals surface area contributed by atoms with Crippen molar-refractivity contribution in [3.63, 3.8) is 0 Å². The van der Waals surface area contributed by atoms with Crippen LogP contribution in [-0.2, 0) is 6.42 Å². The van der Waals surface area contributed by atoms with Crippen LogP contribution in [0.5, 0.6) is 5.75 Å². The van der Waals surface area contributed by atoms with Gasteiger partial charge in [0.05, 0.1) is 6.61 Å². The molecule has 0 aromatic heterocycles. The number of halogens is 2. The van der Waals surface area contributed by atoms with Crippen LogP contribution in [0.4, 0.5) is 14.5 Å². The molecule has 1 aliphatic carbocycles. The number of ether oxygens (including phenoxy) is 1. The molecule has 0 atom stereocenters. The Morgan fingerprint density at radius 1 is 1.25 bits per heavy atom. The van der Waals surface area contributed by atoms with Crippen molar-refractivity contribution in [2.75, 3.05) is 12.3 Å². The molecule has 3 rings (SSSR count). The Bertz CT molecular complexity index is 530. The SMILES string of the molecule is Nc1cc(C=CC2CCC(F)(F)CC2)c2c(c1)CCO2. The summed E-state index contributed by atoms with van der Waals surface area (Å²) < 4.78 is 31.9. The van der Waals surface area contributed by atoms with Crippen molar-refractivity contribution in [1.82, 2.24) is 0 Å². The summed E-state index contributed by atoms with van der Waals surface area (Å²) in [6.07, 6.45) is 5.99. The van der Waals surface area contributed by atoms with Crippen molar-refractivity contribution < 1.29 is 13.5 Å². The minimum atomic E-state index is -2.47. The monoisotopic (exact) mass is 279 g/mol. The molecule has 1 aromatic rings. The van der Waals surface area contributed by atoms with Crippen LogP contribution < -0.4 is 10.5 Å². The number of rotatable bonds is 2. The van der Waals surface area contributed by atoms with E-state index >= 15 is 0 Å². The van der Waals surface area contributed by atoms with E-state index in [-0.39, 0.29) is 18.8 Å². The third-order valence-electron chi connectivity index (χ3n) is 4.14. The van der Waals surface area contributed by atoms with E-state index in [1.165, 1.54) is 0 Å². The lowest BCUT2D eigenvalue weighted by molar-refractivity contribution is -0.0410. The Balaban J connectivity index is 1.74. The van der Waals surface area contributed by atoms with E-state index in [9.17, 15) is 8.78 Å². The van der Waals surface area contributed by atoms with Crippen molar-refractivity contribution in [3.8, 4) is 5.75 Å². The van der Waals surface area contributed by atoms with Crippen LogP contribution in [-0.4, -0.2) is 12.5 Å². The predicted octanol–water partition coefficient (Wildman–Crippen LogP) is 4.04. The Hall–Kier alpha value is -1.58. The van der Waals surface area contributed by atoms with Crippen LogP contribution in [0.3, 0.4) is 0 Å². The molecule has 1 aliphatic heterocycles. The fourth-order valence-corrected chi connectivity index (χ4v) is 2.98. The maximum absolute atomic E-state index is 13.1. The third kappa shape index (κ3) is 2.79. The fraction of sp³-hybridized carbons (Fsp3) is 0.500. The largest absolute Gasteiger partial charge is 0.492 e. The van der Waals surface area contributed by atoms with Gasteiger partial charge in [0.1, 0.15) is 5.75 Å². The second-order valence-corrected chi connectivity index (χ2v) is 5.75. The van der Waals surface area contributed by atoms with E-state index in [1.54, 1.807) is 0 Å². The number of fused-ring (bicyclic) bond motifs is 1. The molecule has 1 saturated carbocycles. The number of nitrogen functional groups attached to an aromatic ring is 1. The van der Waals surface area contributed by atoms with Crippen molar-refractivity contribution in [2.45, 2.75) is 38.0 Å².